The molecule has 1 heterocycles. The SMILES string of the molecule is CN(C)CC(NCc1ccc([N+](=O)[O-])s1)c1ccccc1. The van der Waals surface area contributed by atoms with Gasteiger partial charge in [0.25, 0.3) is 0 Å². The van der Waals surface area contributed by atoms with E-state index in [0.29, 0.717) is 6.54 Å². The lowest BCUT2D eigenvalue weighted by atomic mass is 10.1. The molecule has 0 aliphatic carbocycles. The second kappa shape index (κ2) is 7.31. The molecule has 2 aromatic rings. The molecule has 2 rings (SSSR count). The summed E-state index contributed by atoms with van der Waals surface area (Å²) in [5.74, 6) is 0. The first kappa shape index (κ1) is 15.6. The number of benzene rings is 1. The van der Waals surface area contributed by atoms with Crippen LogP contribution < -0.4 is 5.32 Å². The molecule has 1 aromatic carbocycles. The Morgan fingerprint density at radius 1 is 1.24 bits per heavy atom. The summed E-state index contributed by atoms with van der Waals surface area (Å²) in [7, 11) is 4.07. The lowest BCUT2D eigenvalue weighted by Gasteiger charge is -2.22. The summed E-state index contributed by atoms with van der Waals surface area (Å²) in [5.41, 5.74) is 1.22. The molecule has 6 heteroatoms. The van der Waals surface area contributed by atoms with Gasteiger partial charge < -0.3 is 10.2 Å². The van der Waals surface area contributed by atoms with E-state index in [1.165, 1.54) is 16.9 Å². The van der Waals surface area contributed by atoms with E-state index in [1.807, 2.05) is 38.4 Å². The Balaban J connectivity index is 2.03. The molecule has 1 aromatic heterocycles. The Bertz CT molecular complexity index is 584. The standard InChI is InChI=1S/C15H19N3O2S/c1-17(2)11-14(12-6-4-3-5-7-12)16-10-13-8-9-15(21-13)18(19)20/h3-9,14,16H,10-11H2,1-2H3. The highest BCUT2D eigenvalue weighted by Gasteiger charge is 2.14. The van der Waals surface area contributed by atoms with Crippen LogP contribution in [0.5, 0.6) is 0 Å². The third-order valence-electron chi connectivity index (χ3n) is 3.10. The van der Waals surface area contributed by atoms with E-state index in [1.54, 1.807) is 6.07 Å². The van der Waals surface area contributed by atoms with Gasteiger partial charge >= 0.3 is 5.00 Å². The lowest BCUT2D eigenvalue weighted by Crippen LogP contribution is -2.30. The maximum atomic E-state index is 10.7. The Morgan fingerprint density at radius 2 is 1.95 bits per heavy atom. The van der Waals surface area contributed by atoms with Crippen molar-refractivity contribution >= 4 is 16.3 Å². The van der Waals surface area contributed by atoms with Crippen molar-refractivity contribution < 1.29 is 4.92 Å². The molecule has 0 aliphatic rings. The molecule has 1 atom stereocenters. The predicted molar refractivity (Wildman–Crippen MR) is 85.6 cm³/mol. The first-order chi connectivity index (χ1) is 10.1. The Hall–Kier alpha value is -1.76. The first-order valence-corrected chi connectivity index (χ1v) is 7.54. The number of nitrogens with one attached hydrogen (secondary N) is 1. The van der Waals surface area contributed by atoms with Gasteiger partial charge in [-0.3, -0.25) is 10.1 Å². The topological polar surface area (TPSA) is 58.4 Å². The maximum absolute atomic E-state index is 10.7. The van der Waals surface area contributed by atoms with E-state index >= 15 is 0 Å². The Morgan fingerprint density at radius 3 is 2.52 bits per heavy atom. The highest BCUT2D eigenvalue weighted by molar-refractivity contribution is 7.15. The van der Waals surface area contributed by atoms with Gasteiger partial charge in [0, 0.05) is 30.1 Å². The summed E-state index contributed by atoms with van der Waals surface area (Å²) in [6.07, 6.45) is 0. The van der Waals surface area contributed by atoms with Crippen LogP contribution in [0.4, 0.5) is 5.00 Å². The van der Waals surface area contributed by atoms with Crippen molar-refractivity contribution in [3.63, 3.8) is 0 Å². The van der Waals surface area contributed by atoms with Crippen molar-refractivity contribution in [2.75, 3.05) is 20.6 Å². The van der Waals surface area contributed by atoms with E-state index in [-0.39, 0.29) is 16.0 Å². The lowest BCUT2D eigenvalue weighted by molar-refractivity contribution is -0.380. The van der Waals surface area contributed by atoms with Crippen molar-refractivity contribution in [1.29, 1.82) is 0 Å². The van der Waals surface area contributed by atoms with E-state index in [2.05, 4.69) is 22.3 Å². The molecule has 21 heavy (non-hydrogen) atoms. The van der Waals surface area contributed by atoms with Crippen LogP contribution in [0.15, 0.2) is 42.5 Å². The normalized spacial score (nSPS) is 12.5. The van der Waals surface area contributed by atoms with Crippen molar-refractivity contribution in [3.8, 4) is 0 Å². The molecule has 0 saturated heterocycles. The predicted octanol–water partition coefficient (Wildman–Crippen LogP) is 3.05. The van der Waals surface area contributed by atoms with Crippen molar-refractivity contribution in [1.82, 2.24) is 10.2 Å². The number of hydrogen-bond acceptors (Lipinski definition) is 5. The van der Waals surface area contributed by atoms with E-state index in [4.69, 9.17) is 0 Å². The van der Waals surface area contributed by atoms with Gasteiger partial charge in [0.2, 0.25) is 0 Å². The van der Waals surface area contributed by atoms with Crippen molar-refractivity contribution in [2.24, 2.45) is 0 Å². The van der Waals surface area contributed by atoms with Crippen LogP contribution in [-0.4, -0.2) is 30.5 Å². The Labute approximate surface area is 128 Å². The first-order valence-electron chi connectivity index (χ1n) is 6.72. The van der Waals surface area contributed by atoms with Crippen LogP contribution in [0.2, 0.25) is 0 Å². The smallest absolute Gasteiger partial charge is 0.308 e. The summed E-state index contributed by atoms with van der Waals surface area (Å²) in [6, 6.07) is 13.8. The molecule has 0 amide bonds. The minimum Gasteiger partial charge on any atom is -0.308 e. The van der Waals surface area contributed by atoms with Gasteiger partial charge in [0.1, 0.15) is 0 Å². The molecule has 0 spiro atoms. The van der Waals surface area contributed by atoms with Crippen LogP contribution >= 0.6 is 11.3 Å². The molecule has 112 valence electrons. The minimum atomic E-state index is -0.345. The molecule has 0 bridgehead atoms. The minimum absolute atomic E-state index is 0.190. The molecule has 0 radical (unpaired) electrons. The fraction of sp³-hybridized carbons (Fsp3) is 0.333. The summed E-state index contributed by atoms with van der Waals surface area (Å²) < 4.78 is 0. The summed E-state index contributed by atoms with van der Waals surface area (Å²) >= 11 is 1.22. The quantitative estimate of drug-likeness (QED) is 0.631. The molecule has 0 fully saturated rings. The van der Waals surface area contributed by atoms with Gasteiger partial charge in [-0.05, 0) is 25.7 Å². The van der Waals surface area contributed by atoms with Crippen LogP contribution in [0.3, 0.4) is 0 Å². The van der Waals surface area contributed by atoms with E-state index < -0.39 is 0 Å². The zero-order valence-corrected chi connectivity index (χ0v) is 13.0. The average molecular weight is 305 g/mol. The average Bonchev–Trinajstić information content (AvgIpc) is 2.93. The van der Waals surface area contributed by atoms with Gasteiger partial charge in [-0.2, -0.15) is 0 Å². The van der Waals surface area contributed by atoms with Gasteiger partial charge in [-0.1, -0.05) is 41.7 Å². The second-order valence-corrected chi connectivity index (χ2v) is 6.25. The maximum Gasteiger partial charge on any atom is 0.324 e. The van der Waals surface area contributed by atoms with Gasteiger partial charge in [0.15, 0.2) is 0 Å². The third-order valence-corrected chi connectivity index (χ3v) is 4.14. The van der Waals surface area contributed by atoms with E-state index in [0.717, 1.165) is 11.4 Å². The molecule has 1 unspecified atom stereocenters. The summed E-state index contributed by atoms with van der Waals surface area (Å²) in [5, 5.41) is 14.4. The van der Waals surface area contributed by atoms with Crippen LogP contribution in [-0.2, 0) is 6.54 Å². The number of thiophene rings is 1. The fourth-order valence-electron chi connectivity index (χ4n) is 2.12. The summed E-state index contributed by atoms with van der Waals surface area (Å²) in [4.78, 5) is 13.5. The summed E-state index contributed by atoms with van der Waals surface area (Å²) in [6.45, 7) is 1.50. The second-order valence-electron chi connectivity index (χ2n) is 5.10. The van der Waals surface area contributed by atoms with Gasteiger partial charge in [0.05, 0.1) is 4.92 Å². The largest absolute Gasteiger partial charge is 0.324 e. The molecule has 1 N–H and O–H groups in total. The van der Waals surface area contributed by atoms with Gasteiger partial charge in [-0.25, -0.2) is 0 Å². The number of rotatable bonds is 7. The zero-order valence-electron chi connectivity index (χ0n) is 12.2. The monoisotopic (exact) mass is 305 g/mol. The van der Waals surface area contributed by atoms with Crippen molar-refractivity contribution in [3.05, 3.63) is 63.0 Å². The van der Waals surface area contributed by atoms with Crippen molar-refractivity contribution in [2.45, 2.75) is 12.6 Å². The highest BCUT2D eigenvalue weighted by Crippen LogP contribution is 2.24. The van der Waals surface area contributed by atoms with E-state index in [9.17, 15) is 10.1 Å². The number of nitrogens with zero attached hydrogens (tertiary/aromatic N) is 2. The highest BCUT2D eigenvalue weighted by atomic mass is 32.1. The molecular weight excluding hydrogens is 286 g/mol. The molecule has 0 saturated carbocycles. The number of nitro groups is 1. The third kappa shape index (κ3) is 4.63. The van der Waals surface area contributed by atoms with Crippen LogP contribution in [0.25, 0.3) is 0 Å². The zero-order chi connectivity index (χ0) is 15.2. The Kier molecular flexibility index (Phi) is 5.44. The molecule has 0 aliphatic heterocycles. The molecule has 5 nitrogen and oxygen atoms in total. The molecular formula is C15H19N3O2S. The van der Waals surface area contributed by atoms with Crippen LogP contribution in [0.1, 0.15) is 16.5 Å². The number of hydrogen-bond donors (Lipinski definition) is 1. The van der Waals surface area contributed by atoms with Crippen LogP contribution in [0, 0.1) is 10.1 Å². The number of likely N-dealkylation sites (N-methyl/N-ethyl adjacent to an activating group) is 1. The fourth-order valence-corrected chi connectivity index (χ4v) is 2.89. The van der Waals surface area contributed by atoms with Gasteiger partial charge in [-0.15, -0.1) is 0 Å².